The predicted octanol–water partition coefficient (Wildman–Crippen LogP) is 1.54. The average Bonchev–Trinajstić information content (AvgIpc) is 2.99. The van der Waals surface area contributed by atoms with E-state index in [0.29, 0.717) is 24.5 Å². The molecule has 6 nitrogen and oxygen atoms in total. The van der Waals surface area contributed by atoms with Gasteiger partial charge < -0.3 is 14.8 Å². The molecule has 2 aliphatic rings. The molecule has 0 bridgehead atoms. The van der Waals surface area contributed by atoms with E-state index in [2.05, 4.69) is 27.1 Å². The first-order chi connectivity index (χ1) is 10.3. The van der Waals surface area contributed by atoms with Gasteiger partial charge in [0.25, 0.3) is 0 Å². The number of morpholine rings is 1. The van der Waals surface area contributed by atoms with Crippen LogP contribution in [0.5, 0.6) is 5.88 Å². The number of anilines is 1. The third-order valence-corrected chi connectivity index (χ3v) is 4.03. The highest BCUT2D eigenvalue weighted by Gasteiger charge is 2.31. The maximum atomic E-state index is 5.92. The van der Waals surface area contributed by atoms with Crippen LogP contribution in [0.25, 0.3) is 0 Å². The summed E-state index contributed by atoms with van der Waals surface area (Å²) in [6.07, 6.45) is 5.48. The van der Waals surface area contributed by atoms with Crippen molar-refractivity contribution >= 4 is 5.95 Å². The van der Waals surface area contributed by atoms with Crippen molar-refractivity contribution in [3.8, 4) is 5.88 Å². The second kappa shape index (κ2) is 7.04. The molecular weight excluding hydrogens is 268 g/mol. The van der Waals surface area contributed by atoms with Crippen LogP contribution in [0.1, 0.15) is 26.2 Å². The molecule has 3 rings (SSSR count). The van der Waals surface area contributed by atoms with Gasteiger partial charge in [-0.15, -0.1) is 0 Å². The first-order valence-electron chi connectivity index (χ1n) is 7.90. The Kier molecular flexibility index (Phi) is 4.87. The number of hydrogen-bond donors (Lipinski definition) is 1. The molecule has 2 atom stereocenters. The van der Waals surface area contributed by atoms with Crippen molar-refractivity contribution in [1.29, 1.82) is 0 Å². The Balaban J connectivity index is 1.48. The lowest BCUT2D eigenvalue weighted by Crippen LogP contribution is -2.48. The van der Waals surface area contributed by atoms with Gasteiger partial charge in [-0.2, -0.15) is 4.98 Å². The number of nitrogens with zero attached hydrogens (tertiary/aromatic N) is 3. The van der Waals surface area contributed by atoms with E-state index in [1.54, 1.807) is 12.3 Å². The molecule has 0 saturated carbocycles. The van der Waals surface area contributed by atoms with Gasteiger partial charge >= 0.3 is 0 Å². The quantitative estimate of drug-likeness (QED) is 0.858. The van der Waals surface area contributed by atoms with Gasteiger partial charge in [-0.1, -0.05) is 6.92 Å². The number of ether oxygens (including phenoxy) is 2. The molecule has 0 amide bonds. The van der Waals surface area contributed by atoms with Crippen LogP contribution in [0.15, 0.2) is 12.3 Å². The van der Waals surface area contributed by atoms with Gasteiger partial charge in [0.1, 0.15) is 0 Å². The molecule has 6 heteroatoms. The zero-order valence-electron chi connectivity index (χ0n) is 12.6. The highest BCUT2D eigenvalue weighted by molar-refractivity contribution is 5.27. The third-order valence-electron chi connectivity index (χ3n) is 4.03. The number of rotatable bonds is 6. The van der Waals surface area contributed by atoms with Crippen molar-refractivity contribution in [3.63, 3.8) is 0 Å². The Bertz CT molecular complexity index is 457. The van der Waals surface area contributed by atoms with Crippen molar-refractivity contribution in [1.82, 2.24) is 14.9 Å². The van der Waals surface area contributed by atoms with Gasteiger partial charge in [-0.05, 0) is 25.8 Å². The summed E-state index contributed by atoms with van der Waals surface area (Å²) in [6.45, 7) is 6.56. The molecule has 0 radical (unpaired) electrons. The van der Waals surface area contributed by atoms with Crippen LogP contribution in [0.3, 0.4) is 0 Å². The highest BCUT2D eigenvalue weighted by atomic mass is 16.5. The summed E-state index contributed by atoms with van der Waals surface area (Å²) in [6, 6.07) is 2.43. The van der Waals surface area contributed by atoms with E-state index in [1.807, 2.05) is 0 Å². The van der Waals surface area contributed by atoms with Crippen LogP contribution < -0.4 is 10.1 Å². The monoisotopic (exact) mass is 292 g/mol. The van der Waals surface area contributed by atoms with Gasteiger partial charge in [-0.25, -0.2) is 4.98 Å². The Morgan fingerprint density at radius 2 is 2.48 bits per heavy atom. The second-order valence-electron chi connectivity index (χ2n) is 5.69. The first-order valence-corrected chi connectivity index (χ1v) is 7.90. The molecule has 21 heavy (non-hydrogen) atoms. The molecule has 116 valence electrons. The smallest absolute Gasteiger partial charge is 0.226 e. The second-order valence-corrected chi connectivity index (χ2v) is 5.69. The van der Waals surface area contributed by atoms with Crippen LogP contribution in [-0.4, -0.2) is 59.9 Å². The lowest BCUT2D eigenvalue weighted by atomic mass is 10.2. The summed E-state index contributed by atoms with van der Waals surface area (Å²) in [5.74, 6) is 1.23. The Hall–Kier alpha value is -1.40. The largest absolute Gasteiger partial charge is 0.478 e. The molecule has 2 unspecified atom stereocenters. The number of nitrogens with one attached hydrogen (secondary N) is 1. The minimum Gasteiger partial charge on any atom is -0.478 e. The van der Waals surface area contributed by atoms with Gasteiger partial charge in [0.2, 0.25) is 11.8 Å². The Morgan fingerprint density at radius 1 is 1.52 bits per heavy atom. The zero-order chi connectivity index (χ0) is 14.5. The van der Waals surface area contributed by atoms with Crippen LogP contribution in [-0.2, 0) is 4.74 Å². The van der Waals surface area contributed by atoms with Crippen LogP contribution >= 0.6 is 0 Å². The molecule has 0 spiro atoms. The summed E-state index contributed by atoms with van der Waals surface area (Å²) >= 11 is 0. The summed E-state index contributed by atoms with van der Waals surface area (Å²) in [4.78, 5) is 11.1. The van der Waals surface area contributed by atoms with Crippen molar-refractivity contribution in [2.75, 3.05) is 38.2 Å². The lowest BCUT2D eigenvalue weighted by molar-refractivity contribution is -0.0416. The molecule has 2 aliphatic heterocycles. The lowest BCUT2D eigenvalue weighted by Gasteiger charge is -2.35. The minimum absolute atomic E-state index is 0.211. The van der Waals surface area contributed by atoms with Crippen molar-refractivity contribution in [2.45, 2.75) is 38.3 Å². The highest BCUT2D eigenvalue weighted by Crippen LogP contribution is 2.22. The van der Waals surface area contributed by atoms with Gasteiger partial charge in [-0.3, -0.25) is 4.90 Å². The normalized spacial score (nSPS) is 25.6. The van der Waals surface area contributed by atoms with Crippen LogP contribution in [0.2, 0.25) is 0 Å². The molecular formula is C15H24N4O2. The predicted molar refractivity (Wildman–Crippen MR) is 80.6 cm³/mol. The molecule has 1 N–H and O–H groups in total. The summed E-state index contributed by atoms with van der Waals surface area (Å²) in [5.41, 5.74) is 0. The maximum Gasteiger partial charge on any atom is 0.226 e. The standard InChI is InChI=1S/C15H24N4O2/c1-2-8-20-14-5-6-16-15(18-14)17-9-13-10-19-7-3-4-12(19)11-21-13/h5-6,12-13H,2-4,7-11H2,1H3,(H,16,17,18). The summed E-state index contributed by atoms with van der Waals surface area (Å²) in [7, 11) is 0. The number of hydrogen-bond acceptors (Lipinski definition) is 6. The van der Waals surface area contributed by atoms with Crippen LogP contribution in [0, 0.1) is 0 Å². The van der Waals surface area contributed by atoms with E-state index in [9.17, 15) is 0 Å². The summed E-state index contributed by atoms with van der Waals surface area (Å²) < 4.78 is 11.4. The SMILES string of the molecule is CCCOc1ccnc(NCC2CN3CCCC3CO2)n1. The summed E-state index contributed by atoms with van der Waals surface area (Å²) in [5, 5.41) is 3.26. The molecule has 0 aromatic carbocycles. The van der Waals surface area contributed by atoms with E-state index in [1.165, 1.54) is 19.4 Å². The Labute approximate surface area is 125 Å². The number of fused-ring (bicyclic) bond motifs is 1. The molecule has 2 saturated heterocycles. The van der Waals surface area contributed by atoms with Gasteiger partial charge in [0.15, 0.2) is 0 Å². The van der Waals surface area contributed by atoms with Crippen molar-refractivity contribution in [3.05, 3.63) is 12.3 Å². The molecule has 3 heterocycles. The van der Waals surface area contributed by atoms with Crippen molar-refractivity contribution in [2.24, 2.45) is 0 Å². The van der Waals surface area contributed by atoms with E-state index in [0.717, 1.165) is 26.1 Å². The Morgan fingerprint density at radius 3 is 3.38 bits per heavy atom. The fourth-order valence-corrected chi connectivity index (χ4v) is 2.93. The molecule has 0 aliphatic carbocycles. The first kappa shape index (κ1) is 14.5. The van der Waals surface area contributed by atoms with E-state index < -0.39 is 0 Å². The minimum atomic E-state index is 0.211. The van der Waals surface area contributed by atoms with E-state index >= 15 is 0 Å². The average molecular weight is 292 g/mol. The maximum absolute atomic E-state index is 5.92. The zero-order valence-corrected chi connectivity index (χ0v) is 12.6. The molecule has 2 fully saturated rings. The topological polar surface area (TPSA) is 59.5 Å². The van der Waals surface area contributed by atoms with E-state index in [-0.39, 0.29) is 6.10 Å². The third kappa shape index (κ3) is 3.83. The number of aromatic nitrogens is 2. The molecule has 1 aromatic heterocycles. The van der Waals surface area contributed by atoms with Crippen molar-refractivity contribution < 1.29 is 9.47 Å². The van der Waals surface area contributed by atoms with Gasteiger partial charge in [0, 0.05) is 31.4 Å². The van der Waals surface area contributed by atoms with E-state index in [4.69, 9.17) is 9.47 Å². The fraction of sp³-hybridized carbons (Fsp3) is 0.733. The van der Waals surface area contributed by atoms with Crippen LogP contribution in [0.4, 0.5) is 5.95 Å². The fourth-order valence-electron chi connectivity index (χ4n) is 2.93. The molecule has 1 aromatic rings. The van der Waals surface area contributed by atoms with Gasteiger partial charge in [0.05, 0.1) is 19.3 Å².